The first-order valence-electron chi connectivity index (χ1n) is 7.90. The number of nitrogens with zero attached hydrogens (tertiary/aromatic N) is 4. The molecule has 8 nitrogen and oxygen atoms in total. The van der Waals surface area contributed by atoms with Gasteiger partial charge < -0.3 is 10.4 Å². The van der Waals surface area contributed by atoms with Crippen molar-refractivity contribution >= 4 is 29.3 Å². The van der Waals surface area contributed by atoms with Crippen LogP contribution in [0.4, 0.5) is 10.2 Å². The van der Waals surface area contributed by atoms with Crippen molar-refractivity contribution in [3.05, 3.63) is 64.8 Å². The van der Waals surface area contributed by atoms with Gasteiger partial charge in [0.1, 0.15) is 22.6 Å². The maximum atomic E-state index is 13.0. The second-order valence-corrected chi connectivity index (χ2v) is 6.19. The van der Waals surface area contributed by atoms with Crippen molar-refractivity contribution in [3.63, 3.8) is 0 Å². The standard InChI is InChI=1S/C17H15ClFN5O3/c1-10(17(26)27)24-14(6-7-20-24)16(25)21-15-13(18)9-23(22-15)8-11-2-4-12(19)5-3-11/h2-7,9-10H,8H2,1H3,(H,26,27)(H,21,22,25). The second-order valence-electron chi connectivity index (χ2n) is 5.78. The van der Waals surface area contributed by atoms with E-state index in [9.17, 15) is 14.0 Å². The Balaban J connectivity index is 1.76. The molecule has 1 atom stereocenters. The molecule has 0 radical (unpaired) electrons. The van der Waals surface area contributed by atoms with Gasteiger partial charge in [0.15, 0.2) is 5.82 Å². The van der Waals surface area contributed by atoms with Gasteiger partial charge in [-0.05, 0) is 30.7 Å². The zero-order valence-electron chi connectivity index (χ0n) is 14.1. The summed E-state index contributed by atoms with van der Waals surface area (Å²) in [4.78, 5) is 23.6. The van der Waals surface area contributed by atoms with Crippen molar-refractivity contribution in [1.82, 2.24) is 19.6 Å². The molecule has 0 saturated carbocycles. The number of aromatic nitrogens is 4. The lowest BCUT2D eigenvalue weighted by Crippen LogP contribution is -2.24. The minimum atomic E-state index is -1.12. The van der Waals surface area contributed by atoms with E-state index in [1.165, 1.54) is 42.2 Å². The predicted octanol–water partition coefficient (Wildman–Crippen LogP) is 2.82. The maximum Gasteiger partial charge on any atom is 0.328 e. The topological polar surface area (TPSA) is 102 Å². The Hall–Kier alpha value is -3.20. The highest BCUT2D eigenvalue weighted by molar-refractivity contribution is 6.33. The Kier molecular flexibility index (Phi) is 5.22. The number of benzene rings is 1. The van der Waals surface area contributed by atoms with Crippen molar-refractivity contribution in [2.24, 2.45) is 0 Å². The van der Waals surface area contributed by atoms with Crippen LogP contribution in [0.25, 0.3) is 0 Å². The van der Waals surface area contributed by atoms with E-state index in [0.29, 0.717) is 6.54 Å². The van der Waals surface area contributed by atoms with Crippen molar-refractivity contribution in [1.29, 1.82) is 0 Å². The number of rotatable bonds is 6. The van der Waals surface area contributed by atoms with Crippen LogP contribution >= 0.6 is 11.6 Å². The lowest BCUT2D eigenvalue weighted by Gasteiger charge is -2.11. The summed E-state index contributed by atoms with van der Waals surface area (Å²) in [5.74, 6) is -1.92. The van der Waals surface area contributed by atoms with Gasteiger partial charge in [0.2, 0.25) is 0 Å². The normalized spacial score (nSPS) is 12.0. The van der Waals surface area contributed by atoms with Gasteiger partial charge in [0, 0.05) is 12.4 Å². The molecule has 27 heavy (non-hydrogen) atoms. The van der Waals surface area contributed by atoms with Gasteiger partial charge in [-0.2, -0.15) is 10.2 Å². The minimum Gasteiger partial charge on any atom is -0.480 e. The van der Waals surface area contributed by atoms with Gasteiger partial charge in [0.05, 0.1) is 6.54 Å². The van der Waals surface area contributed by atoms with Gasteiger partial charge in [0.25, 0.3) is 5.91 Å². The molecule has 1 unspecified atom stereocenters. The zero-order valence-corrected chi connectivity index (χ0v) is 14.9. The van der Waals surface area contributed by atoms with Crippen molar-refractivity contribution < 1.29 is 19.1 Å². The highest BCUT2D eigenvalue weighted by Gasteiger charge is 2.22. The predicted molar refractivity (Wildman–Crippen MR) is 95.3 cm³/mol. The third kappa shape index (κ3) is 4.14. The number of nitrogens with one attached hydrogen (secondary N) is 1. The summed E-state index contributed by atoms with van der Waals surface area (Å²) in [5, 5.41) is 19.9. The first kappa shape index (κ1) is 18.6. The molecule has 1 aromatic carbocycles. The molecule has 3 rings (SSSR count). The number of aliphatic carboxylic acids is 1. The monoisotopic (exact) mass is 391 g/mol. The van der Waals surface area contributed by atoms with Gasteiger partial charge in [-0.3, -0.25) is 9.48 Å². The molecule has 1 amide bonds. The van der Waals surface area contributed by atoms with Crippen LogP contribution in [0, 0.1) is 5.82 Å². The van der Waals surface area contributed by atoms with E-state index in [1.807, 2.05) is 0 Å². The lowest BCUT2D eigenvalue weighted by molar-refractivity contribution is -0.140. The number of carboxylic acid groups (broad SMARTS) is 1. The molecule has 2 N–H and O–H groups in total. The fourth-order valence-electron chi connectivity index (χ4n) is 2.42. The molecule has 10 heteroatoms. The summed E-state index contributed by atoms with van der Waals surface area (Å²) in [6.45, 7) is 1.75. The SMILES string of the molecule is CC(C(=O)O)n1nccc1C(=O)Nc1nn(Cc2ccc(F)cc2)cc1Cl. The van der Waals surface area contributed by atoms with Crippen LogP contribution in [0.3, 0.4) is 0 Å². The number of hydrogen-bond acceptors (Lipinski definition) is 4. The largest absolute Gasteiger partial charge is 0.480 e. The molecule has 0 aliphatic heterocycles. The molecule has 2 aromatic heterocycles. The van der Waals surface area contributed by atoms with Crippen LogP contribution in [0.1, 0.15) is 29.0 Å². The van der Waals surface area contributed by atoms with Crippen LogP contribution in [-0.4, -0.2) is 36.5 Å². The molecular weight excluding hydrogens is 377 g/mol. The second kappa shape index (κ2) is 7.58. The van der Waals surface area contributed by atoms with Crippen molar-refractivity contribution in [3.8, 4) is 0 Å². The lowest BCUT2D eigenvalue weighted by atomic mass is 10.2. The molecule has 140 valence electrons. The number of halogens is 2. The number of amides is 1. The van der Waals surface area contributed by atoms with E-state index in [-0.39, 0.29) is 22.4 Å². The molecule has 0 spiro atoms. The average molecular weight is 392 g/mol. The highest BCUT2D eigenvalue weighted by atomic mass is 35.5. The highest BCUT2D eigenvalue weighted by Crippen LogP contribution is 2.21. The average Bonchev–Trinajstić information content (AvgIpc) is 3.23. The summed E-state index contributed by atoms with van der Waals surface area (Å²) >= 11 is 6.12. The minimum absolute atomic E-state index is 0.0639. The summed E-state index contributed by atoms with van der Waals surface area (Å²) in [6.07, 6.45) is 2.86. The molecule has 0 fully saturated rings. The van der Waals surface area contributed by atoms with Crippen LogP contribution < -0.4 is 5.32 Å². The van der Waals surface area contributed by atoms with Gasteiger partial charge >= 0.3 is 5.97 Å². The molecule has 0 saturated heterocycles. The number of anilines is 1. The van der Waals surface area contributed by atoms with Crippen molar-refractivity contribution in [2.75, 3.05) is 5.32 Å². The fourth-order valence-corrected chi connectivity index (χ4v) is 2.62. The molecule has 2 heterocycles. The van der Waals surface area contributed by atoms with Crippen LogP contribution in [0.15, 0.2) is 42.7 Å². The number of carboxylic acids is 1. The molecular formula is C17H15ClFN5O3. The third-order valence-corrected chi connectivity index (χ3v) is 4.11. The summed E-state index contributed by atoms with van der Waals surface area (Å²) in [7, 11) is 0. The molecule has 0 bridgehead atoms. The van der Waals surface area contributed by atoms with E-state index in [0.717, 1.165) is 10.2 Å². The Morgan fingerprint density at radius 1 is 1.30 bits per heavy atom. The Morgan fingerprint density at radius 2 is 2.00 bits per heavy atom. The molecule has 0 aliphatic rings. The molecule has 0 aliphatic carbocycles. The van der Waals surface area contributed by atoms with E-state index >= 15 is 0 Å². The van der Waals surface area contributed by atoms with Crippen LogP contribution in [-0.2, 0) is 11.3 Å². The van der Waals surface area contributed by atoms with E-state index in [4.69, 9.17) is 16.7 Å². The van der Waals surface area contributed by atoms with E-state index in [1.54, 1.807) is 12.1 Å². The summed E-state index contributed by atoms with van der Waals surface area (Å²) < 4.78 is 15.6. The summed E-state index contributed by atoms with van der Waals surface area (Å²) in [5.41, 5.74) is 0.871. The molecule has 3 aromatic rings. The smallest absolute Gasteiger partial charge is 0.328 e. The Morgan fingerprint density at radius 3 is 2.67 bits per heavy atom. The quantitative estimate of drug-likeness (QED) is 0.672. The first-order valence-corrected chi connectivity index (χ1v) is 8.28. The summed E-state index contributed by atoms with van der Waals surface area (Å²) in [6, 6.07) is 6.32. The van der Waals surface area contributed by atoms with Gasteiger partial charge in [-0.1, -0.05) is 23.7 Å². The number of carbonyl (C=O) groups excluding carboxylic acids is 1. The van der Waals surface area contributed by atoms with Crippen LogP contribution in [0.2, 0.25) is 5.02 Å². The van der Waals surface area contributed by atoms with E-state index in [2.05, 4.69) is 15.5 Å². The van der Waals surface area contributed by atoms with E-state index < -0.39 is 17.9 Å². The number of carbonyl (C=O) groups is 2. The Labute approximate surface area is 158 Å². The van der Waals surface area contributed by atoms with Gasteiger partial charge in [-0.15, -0.1) is 0 Å². The third-order valence-electron chi connectivity index (χ3n) is 3.83. The van der Waals surface area contributed by atoms with Crippen molar-refractivity contribution in [2.45, 2.75) is 19.5 Å². The zero-order chi connectivity index (χ0) is 19.6. The number of hydrogen-bond donors (Lipinski definition) is 2. The van der Waals surface area contributed by atoms with Gasteiger partial charge in [-0.25, -0.2) is 13.9 Å². The fraction of sp³-hybridized carbons (Fsp3) is 0.176. The van der Waals surface area contributed by atoms with Crippen LogP contribution in [0.5, 0.6) is 0 Å². The Bertz CT molecular complexity index is 983. The first-order chi connectivity index (χ1) is 12.8. The maximum absolute atomic E-state index is 13.0.